The van der Waals surface area contributed by atoms with E-state index >= 15 is 0 Å². The topological polar surface area (TPSA) is 161 Å². The Morgan fingerprint density at radius 1 is 0.838 bits per heavy atom. The highest BCUT2D eigenvalue weighted by molar-refractivity contribution is 7.17. The number of carbonyl (C=O) groups is 6. The number of amides is 1. The van der Waals surface area contributed by atoms with Crippen LogP contribution in [-0.2, 0) is 60.5 Å². The van der Waals surface area contributed by atoms with Crippen LogP contribution in [0.1, 0.15) is 68.3 Å². The van der Waals surface area contributed by atoms with Crippen LogP contribution >= 0.6 is 11.3 Å². The highest BCUT2D eigenvalue weighted by atomic mass is 32.1. The summed E-state index contributed by atoms with van der Waals surface area (Å²) in [5.41, 5.74) is 1.01. The molecule has 204 valence electrons. The second kappa shape index (κ2) is 13.7. The summed E-state index contributed by atoms with van der Waals surface area (Å²) in [6.07, 6.45) is -1.83. The fourth-order valence-corrected chi connectivity index (χ4v) is 5.12. The number of nitrogens with one attached hydrogen (secondary N) is 1. The van der Waals surface area contributed by atoms with Gasteiger partial charge in [-0.05, 0) is 38.2 Å². The van der Waals surface area contributed by atoms with E-state index in [9.17, 15) is 28.8 Å². The van der Waals surface area contributed by atoms with E-state index in [2.05, 4.69) is 5.32 Å². The Morgan fingerprint density at radius 2 is 1.46 bits per heavy atom. The maximum Gasteiger partial charge on any atom is 0.341 e. The summed E-state index contributed by atoms with van der Waals surface area (Å²) in [7, 11) is 0. The number of hydrogen-bond acceptors (Lipinski definition) is 12. The minimum absolute atomic E-state index is 0.127. The van der Waals surface area contributed by atoms with Gasteiger partial charge < -0.3 is 29.0 Å². The molecule has 0 saturated heterocycles. The predicted octanol–water partition coefficient (Wildman–Crippen LogP) is 2.10. The minimum atomic E-state index is -1.82. The van der Waals surface area contributed by atoms with Gasteiger partial charge in [-0.15, -0.1) is 11.3 Å². The van der Waals surface area contributed by atoms with E-state index in [4.69, 9.17) is 23.7 Å². The maximum atomic E-state index is 13.5. The normalized spacial score (nSPS) is 14.7. The molecule has 13 heteroatoms. The molecule has 37 heavy (non-hydrogen) atoms. The summed E-state index contributed by atoms with van der Waals surface area (Å²) in [6, 6.07) is 0. The van der Waals surface area contributed by atoms with E-state index in [1.54, 1.807) is 6.92 Å². The van der Waals surface area contributed by atoms with E-state index < -0.39 is 60.7 Å². The van der Waals surface area contributed by atoms with Crippen molar-refractivity contribution in [3.05, 3.63) is 16.0 Å². The first-order valence-corrected chi connectivity index (χ1v) is 12.5. The standard InChI is InChI=1S/C24H31NO11S/c1-6-32-24(31)19-16-9-7-8-10-18(16)37-23(19)25-22(30)21(36-15(5)29)20(35-14(4)28)17(34-13(3)27)11-33-12(2)26/h17,20-21H,6-11H2,1-5H3,(H,25,30)/t17-,20-,21+/m1/s1. The smallest absolute Gasteiger partial charge is 0.341 e. The summed E-state index contributed by atoms with van der Waals surface area (Å²) in [6.45, 7) is 5.45. The van der Waals surface area contributed by atoms with Crippen LogP contribution in [0.3, 0.4) is 0 Å². The Labute approximate surface area is 217 Å². The van der Waals surface area contributed by atoms with Crippen LogP contribution in [0.25, 0.3) is 0 Å². The van der Waals surface area contributed by atoms with Crippen molar-refractivity contribution >= 4 is 52.1 Å². The monoisotopic (exact) mass is 541 g/mol. The van der Waals surface area contributed by atoms with Gasteiger partial charge in [-0.25, -0.2) is 4.79 Å². The average molecular weight is 542 g/mol. The molecule has 1 heterocycles. The van der Waals surface area contributed by atoms with Crippen LogP contribution in [0.4, 0.5) is 5.00 Å². The van der Waals surface area contributed by atoms with Gasteiger partial charge in [0.2, 0.25) is 6.10 Å². The molecule has 0 radical (unpaired) electrons. The van der Waals surface area contributed by atoms with E-state index in [0.717, 1.165) is 57.4 Å². The third-order valence-corrected chi connectivity index (χ3v) is 6.38. The molecule has 0 spiro atoms. The second-order valence-electron chi connectivity index (χ2n) is 8.18. The summed E-state index contributed by atoms with van der Waals surface area (Å²) in [5.74, 6) is -4.89. The van der Waals surface area contributed by atoms with Gasteiger partial charge in [0.15, 0.2) is 12.2 Å². The van der Waals surface area contributed by atoms with Crippen molar-refractivity contribution < 1.29 is 52.5 Å². The number of fused-ring (bicyclic) bond motifs is 1. The van der Waals surface area contributed by atoms with E-state index in [1.807, 2.05) is 0 Å². The lowest BCUT2D eigenvalue weighted by Crippen LogP contribution is -2.52. The van der Waals surface area contributed by atoms with Crippen LogP contribution in [0, 0.1) is 0 Å². The molecule has 2 rings (SSSR count). The third-order valence-electron chi connectivity index (χ3n) is 5.17. The van der Waals surface area contributed by atoms with Gasteiger partial charge in [0, 0.05) is 32.6 Å². The van der Waals surface area contributed by atoms with Crippen molar-refractivity contribution in [1.82, 2.24) is 0 Å². The molecule has 12 nitrogen and oxygen atoms in total. The van der Waals surface area contributed by atoms with Crippen molar-refractivity contribution in [1.29, 1.82) is 0 Å². The van der Waals surface area contributed by atoms with Crippen LogP contribution in [-0.4, -0.2) is 67.3 Å². The van der Waals surface area contributed by atoms with Crippen molar-refractivity contribution in [3.63, 3.8) is 0 Å². The summed E-state index contributed by atoms with van der Waals surface area (Å²) in [5, 5.41) is 2.79. The Bertz CT molecular complexity index is 1050. The number of hydrogen-bond donors (Lipinski definition) is 1. The molecule has 1 aromatic heterocycles. The van der Waals surface area contributed by atoms with Crippen molar-refractivity contribution in [2.75, 3.05) is 18.5 Å². The number of esters is 5. The minimum Gasteiger partial charge on any atom is -0.462 e. The molecular formula is C24H31NO11S. The Balaban J connectivity index is 2.49. The molecule has 0 bridgehead atoms. The lowest BCUT2D eigenvalue weighted by Gasteiger charge is -2.30. The Kier molecular flexibility index (Phi) is 11.0. The first-order valence-electron chi connectivity index (χ1n) is 11.7. The second-order valence-corrected chi connectivity index (χ2v) is 9.28. The quantitative estimate of drug-likeness (QED) is 0.323. The Morgan fingerprint density at radius 3 is 2.03 bits per heavy atom. The lowest BCUT2D eigenvalue weighted by atomic mass is 9.95. The molecule has 0 saturated carbocycles. The average Bonchev–Trinajstić information content (AvgIpc) is 3.16. The number of aryl methyl sites for hydroxylation is 1. The highest BCUT2D eigenvalue weighted by Gasteiger charge is 2.43. The van der Waals surface area contributed by atoms with Gasteiger partial charge >= 0.3 is 29.8 Å². The van der Waals surface area contributed by atoms with Gasteiger partial charge in [-0.1, -0.05) is 0 Å². The first-order chi connectivity index (χ1) is 17.4. The first kappa shape index (κ1) is 29.7. The number of carbonyl (C=O) groups excluding carboxylic acids is 6. The van der Waals surface area contributed by atoms with Crippen molar-refractivity contribution in [3.8, 4) is 0 Å². The number of rotatable bonds is 11. The molecule has 3 atom stereocenters. The third kappa shape index (κ3) is 8.55. The van der Waals surface area contributed by atoms with Crippen molar-refractivity contribution in [2.24, 2.45) is 0 Å². The van der Waals surface area contributed by atoms with Crippen LogP contribution in [0.2, 0.25) is 0 Å². The van der Waals surface area contributed by atoms with Gasteiger partial charge in [0.25, 0.3) is 5.91 Å². The lowest BCUT2D eigenvalue weighted by molar-refractivity contribution is -0.190. The van der Waals surface area contributed by atoms with Crippen LogP contribution in [0.5, 0.6) is 0 Å². The predicted molar refractivity (Wildman–Crippen MR) is 129 cm³/mol. The summed E-state index contributed by atoms with van der Waals surface area (Å²) >= 11 is 1.20. The van der Waals surface area contributed by atoms with Crippen LogP contribution < -0.4 is 5.32 Å². The van der Waals surface area contributed by atoms with Crippen molar-refractivity contribution in [2.45, 2.75) is 78.6 Å². The van der Waals surface area contributed by atoms with Gasteiger partial charge in [0.05, 0.1) is 12.2 Å². The number of thiophene rings is 1. The van der Waals surface area contributed by atoms with E-state index in [1.165, 1.54) is 11.3 Å². The molecule has 1 N–H and O–H groups in total. The summed E-state index contributed by atoms with van der Waals surface area (Å²) in [4.78, 5) is 74.1. The molecule has 0 aliphatic heterocycles. The molecular weight excluding hydrogens is 510 g/mol. The fraction of sp³-hybridized carbons (Fsp3) is 0.583. The SMILES string of the molecule is CCOC(=O)c1c(NC(=O)[C@@H](OC(C)=O)[C@H](OC(C)=O)[C@@H](COC(C)=O)OC(C)=O)sc2c1CCCC2. The molecule has 1 aromatic rings. The maximum absolute atomic E-state index is 13.5. The molecule has 0 aromatic carbocycles. The Hall–Kier alpha value is -3.48. The van der Waals surface area contributed by atoms with Crippen LogP contribution in [0.15, 0.2) is 0 Å². The number of anilines is 1. The van der Waals surface area contributed by atoms with Gasteiger partial charge in [0.1, 0.15) is 11.6 Å². The zero-order chi connectivity index (χ0) is 27.7. The zero-order valence-electron chi connectivity index (χ0n) is 21.4. The van der Waals surface area contributed by atoms with Gasteiger partial charge in [-0.2, -0.15) is 0 Å². The fourth-order valence-electron chi connectivity index (χ4n) is 3.84. The van der Waals surface area contributed by atoms with E-state index in [0.29, 0.717) is 6.42 Å². The van der Waals surface area contributed by atoms with E-state index in [-0.39, 0.29) is 17.2 Å². The molecule has 0 fully saturated rings. The molecule has 1 aliphatic rings. The summed E-state index contributed by atoms with van der Waals surface area (Å²) < 4.78 is 25.7. The molecule has 0 unspecified atom stereocenters. The molecule has 1 aliphatic carbocycles. The number of ether oxygens (including phenoxy) is 5. The zero-order valence-corrected chi connectivity index (χ0v) is 22.2. The van der Waals surface area contributed by atoms with Gasteiger partial charge in [-0.3, -0.25) is 24.0 Å². The largest absolute Gasteiger partial charge is 0.462 e. The highest BCUT2D eigenvalue weighted by Crippen LogP contribution is 2.39. The molecule has 1 amide bonds.